The number of carbonyl (C=O) groups excluding carboxylic acids is 1. The van der Waals surface area contributed by atoms with Crippen LogP contribution in [-0.4, -0.2) is 37.1 Å². The normalized spacial score (nSPS) is 31.6. The Balaban J connectivity index is 1.91. The molecular weight excluding hydrogens is 274 g/mol. The number of esters is 1. The molecule has 0 amide bonds. The van der Waals surface area contributed by atoms with Gasteiger partial charge in [0.1, 0.15) is 0 Å². The molecule has 4 atom stereocenters. The van der Waals surface area contributed by atoms with E-state index in [-0.39, 0.29) is 17.8 Å². The lowest BCUT2D eigenvalue weighted by Crippen LogP contribution is -2.49. The molecule has 0 spiro atoms. The van der Waals surface area contributed by atoms with Crippen LogP contribution in [0.3, 0.4) is 0 Å². The molecule has 3 heteroatoms. The number of ether oxygens (including phenoxy) is 1. The van der Waals surface area contributed by atoms with E-state index < -0.39 is 0 Å². The highest BCUT2D eigenvalue weighted by Gasteiger charge is 2.49. The van der Waals surface area contributed by atoms with E-state index >= 15 is 0 Å². The van der Waals surface area contributed by atoms with Gasteiger partial charge in [0, 0.05) is 18.0 Å². The van der Waals surface area contributed by atoms with Crippen LogP contribution >= 0.6 is 0 Å². The molecule has 2 bridgehead atoms. The van der Waals surface area contributed by atoms with Crippen LogP contribution in [0.25, 0.3) is 6.08 Å². The summed E-state index contributed by atoms with van der Waals surface area (Å²) in [6, 6.07) is 9.58. The van der Waals surface area contributed by atoms with Crippen LogP contribution in [0, 0.1) is 5.92 Å². The molecule has 3 nitrogen and oxygen atoms in total. The number of nitrogens with zero attached hydrogens (tertiary/aromatic N) is 1. The fourth-order valence-corrected chi connectivity index (χ4v) is 4.31. The highest BCUT2D eigenvalue weighted by molar-refractivity contribution is 5.75. The first-order valence-corrected chi connectivity index (χ1v) is 8.18. The number of hydrogen-bond acceptors (Lipinski definition) is 3. The lowest BCUT2D eigenvalue weighted by atomic mass is 9.76. The standard InChI is InChI=1S/C19H25NO2/c1-4-5-13-6-8-14(9-7-13)16-12-15-10-11-17(20(15)2)18(16)19(21)22-3/h4-9,15-18H,10-12H2,1-3H3/b5-4+/t15-,16-,17?,18?/m1/s1. The van der Waals surface area contributed by atoms with Crippen molar-refractivity contribution >= 4 is 12.0 Å². The smallest absolute Gasteiger partial charge is 0.310 e. The molecule has 118 valence electrons. The Hall–Kier alpha value is -1.61. The second-order valence-corrected chi connectivity index (χ2v) is 6.52. The average molecular weight is 299 g/mol. The van der Waals surface area contributed by atoms with Gasteiger partial charge in [-0.05, 0) is 44.4 Å². The van der Waals surface area contributed by atoms with Crippen molar-refractivity contribution in [3.05, 3.63) is 41.5 Å². The van der Waals surface area contributed by atoms with Gasteiger partial charge in [0.15, 0.2) is 0 Å². The first-order chi connectivity index (χ1) is 10.7. The van der Waals surface area contributed by atoms with Crippen molar-refractivity contribution in [2.24, 2.45) is 5.92 Å². The van der Waals surface area contributed by atoms with Crippen LogP contribution in [0.2, 0.25) is 0 Å². The minimum atomic E-state index is -0.0558. The summed E-state index contributed by atoms with van der Waals surface area (Å²) in [5.74, 6) is 0.182. The van der Waals surface area contributed by atoms with Gasteiger partial charge in [-0.25, -0.2) is 0 Å². The number of benzene rings is 1. The highest BCUT2D eigenvalue weighted by Crippen LogP contribution is 2.46. The zero-order valence-corrected chi connectivity index (χ0v) is 13.7. The molecule has 3 rings (SSSR count). The van der Waals surface area contributed by atoms with Gasteiger partial charge in [-0.2, -0.15) is 0 Å². The number of piperidine rings is 1. The number of hydrogen-bond donors (Lipinski definition) is 0. The minimum absolute atomic E-state index is 0.0404. The zero-order valence-electron chi connectivity index (χ0n) is 13.7. The van der Waals surface area contributed by atoms with E-state index in [1.54, 1.807) is 0 Å². The summed E-state index contributed by atoms with van der Waals surface area (Å²) in [7, 11) is 3.67. The van der Waals surface area contributed by atoms with Crippen LogP contribution in [-0.2, 0) is 9.53 Å². The Bertz CT molecular complexity index is 563. The number of rotatable bonds is 3. The summed E-state index contributed by atoms with van der Waals surface area (Å²) in [5, 5.41) is 0. The van der Waals surface area contributed by atoms with Gasteiger partial charge in [0.05, 0.1) is 13.0 Å². The third kappa shape index (κ3) is 2.58. The Labute approximate surface area is 133 Å². The van der Waals surface area contributed by atoms with Crippen molar-refractivity contribution in [3.8, 4) is 0 Å². The fraction of sp³-hybridized carbons (Fsp3) is 0.526. The zero-order chi connectivity index (χ0) is 15.7. The topological polar surface area (TPSA) is 29.5 Å². The van der Waals surface area contributed by atoms with Gasteiger partial charge in [0.2, 0.25) is 0 Å². The third-order valence-electron chi connectivity index (χ3n) is 5.47. The Morgan fingerprint density at radius 2 is 2.00 bits per heavy atom. The minimum Gasteiger partial charge on any atom is -0.469 e. The molecule has 0 radical (unpaired) electrons. The summed E-state index contributed by atoms with van der Waals surface area (Å²) in [6.07, 6.45) is 7.49. The molecule has 2 aliphatic rings. The van der Waals surface area contributed by atoms with E-state index in [2.05, 4.69) is 42.3 Å². The Kier molecular flexibility index (Phi) is 4.34. The molecule has 22 heavy (non-hydrogen) atoms. The molecule has 2 heterocycles. The Morgan fingerprint density at radius 1 is 1.27 bits per heavy atom. The summed E-state index contributed by atoms with van der Waals surface area (Å²) < 4.78 is 5.13. The van der Waals surface area contributed by atoms with Gasteiger partial charge >= 0.3 is 5.97 Å². The van der Waals surface area contributed by atoms with Crippen LogP contribution < -0.4 is 0 Å². The van der Waals surface area contributed by atoms with E-state index in [9.17, 15) is 4.79 Å². The average Bonchev–Trinajstić information content (AvgIpc) is 2.77. The summed E-state index contributed by atoms with van der Waals surface area (Å²) in [6.45, 7) is 2.02. The molecule has 0 aromatic heterocycles. The molecule has 2 fully saturated rings. The molecular formula is C19H25NO2. The van der Waals surface area contributed by atoms with E-state index in [0.29, 0.717) is 12.1 Å². The monoisotopic (exact) mass is 299 g/mol. The first-order valence-electron chi connectivity index (χ1n) is 8.18. The predicted molar refractivity (Wildman–Crippen MR) is 88.6 cm³/mol. The molecule has 2 saturated heterocycles. The van der Waals surface area contributed by atoms with Crippen molar-refractivity contribution in [3.63, 3.8) is 0 Å². The molecule has 1 aromatic carbocycles. The predicted octanol–water partition coefficient (Wildman–Crippen LogP) is 3.46. The van der Waals surface area contributed by atoms with E-state index in [4.69, 9.17) is 4.74 Å². The van der Waals surface area contributed by atoms with E-state index in [1.807, 2.05) is 13.0 Å². The van der Waals surface area contributed by atoms with Crippen molar-refractivity contribution in [2.45, 2.75) is 44.2 Å². The molecule has 0 N–H and O–H groups in total. The van der Waals surface area contributed by atoms with E-state index in [1.165, 1.54) is 24.7 Å². The van der Waals surface area contributed by atoms with Crippen molar-refractivity contribution in [1.82, 2.24) is 4.90 Å². The maximum Gasteiger partial charge on any atom is 0.310 e. The number of allylic oxidation sites excluding steroid dienone is 1. The number of carbonyl (C=O) groups is 1. The van der Waals surface area contributed by atoms with Gasteiger partial charge < -0.3 is 4.74 Å². The van der Waals surface area contributed by atoms with Crippen LogP contribution in [0.5, 0.6) is 0 Å². The molecule has 0 aliphatic carbocycles. The van der Waals surface area contributed by atoms with Crippen LogP contribution in [0.15, 0.2) is 30.3 Å². The molecule has 2 unspecified atom stereocenters. The first kappa shape index (κ1) is 15.3. The fourth-order valence-electron chi connectivity index (χ4n) is 4.31. The number of fused-ring (bicyclic) bond motifs is 2. The summed E-state index contributed by atoms with van der Waals surface area (Å²) in [5.41, 5.74) is 2.48. The Morgan fingerprint density at radius 3 is 2.64 bits per heavy atom. The third-order valence-corrected chi connectivity index (χ3v) is 5.47. The maximum atomic E-state index is 12.4. The van der Waals surface area contributed by atoms with Gasteiger partial charge in [0.25, 0.3) is 0 Å². The van der Waals surface area contributed by atoms with Gasteiger partial charge in [-0.15, -0.1) is 0 Å². The largest absolute Gasteiger partial charge is 0.469 e. The van der Waals surface area contributed by atoms with Gasteiger partial charge in [-0.3, -0.25) is 9.69 Å². The van der Waals surface area contributed by atoms with Crippen molar-refractivity contribution in [1.29, 1.82) is 0 Å². The second-order valence-electron chi connectivity index (χ2n) is 6.52. The van der Waals surface area contributed by atoms with Crippen LogP contribution in [0.1, 0.15) is 43.2 Å². The molecule has 1 aromatic rings. The summed E-state index contributed by atoms with van der Waals surface area (Å²) in [4.78, 5) is 14.8. The lowest BCUT2D eigenvalue weighted by molar-refractivity contribution is -0.150. The van der Waals surface area contributed by atoms with Crippen molar-refractivity contribution in [2.75, 3.05) is 14.2 Å². The number of methoxy groups -OCH3 is 1. The molecule has 2 aliphatic heterocycles. The quantitative estimate of drug-likeness (QED) is 0.801. The van der Waals surface area contributed by atoms with Gasteiger partial charge in [-0.1, -0.05) is 36.4 Å². The summed E-state index contributed by atoms with van der Waals surface area (Å²) >= 11 is 0. The van der Waals surface area contributed by atoms with Crippen molar-refractivity contribution < 1.29 is 9.53 Å². The molecule has 0 saturated carbocycles. The SMILES string of the molecule is C/C=C/c1ccc([C@H]2C[C@H]3CCC(C2C(=O)OC)N3C)cc1. The second kappa shape index (κ2) is 6.25. The lowest BCUT2D eigenvalue weighted by Gasteiger charge is -2.41. The van der Waals surface area contributed by atoms with E-state index in [0.717, 1.165) is 12.8 Å². The maximum absolute atomic E-state index is 12.4. The van der Waals surface area contributed by atoms with Crippen LogP contribution in [0.4, 0.5) is 0 Å². The highest BCUT2D eigenvalue weighted by atomic mass is 16.5.